The van der Waals surface area contributed by atoms with Crippen molar-refractivity contribution in [1.82, 2.24) is 19.9 Å². The molecule has 0 saturated heterocycles. The molecule has 0 spiro atoms. The number of fused-ring (bicyclic) bond motifs is 2. The van der Waals surface area contributed by atoms with Gasteiger partial charge in [0.25, 0.3) is 5.91 Å². The quantitative estimate of drug-likeness (QED) is 0.437. The van der Waals surface area contributed by atoms with Gasteiger partial charge in [-0.3, -0.25) is 9.78 Å². The third-order valence-electron chi connectivity index (χ3n) is 5.62. The molecule has 1 aliphatic heterocycles. The van der Waals surface area contributed by atoms with E-state index in [9.17, 15) is 4.79 Å². The highest BCUT2D eigenvalue weighted by atomic mass is 35.5. The van der Waals surface area contributed by atoms with Crippen molar-refractivity contribution in [3.8, 4) is 17.1 Å². The van der Waals surface area contributed by atoms with Crippen molar-refractivity contribution >= 4 is 39.9 Å². The molecule has 5 rings (SSSR count). The summed E-state index contributed by atoms with van der Waals surface area (Å²) >= 11 is 6.21. The molecule has 33 heavy (non-hydrogen) atoms. The van der Waals surface area contributed by atoms with E-state index in [1.54, 1.807) is 26.5 Å². The summed E-state index contributed by atoms with van der Waals surface area (Å²) in [4.78, 5) is 29.6. The molecule has 1 amide bonds. The molecule has 0 radical (unpaired) electrons. The fourth-order valence-corrected chi connectivity index (χ4v) is 4.07. The summed E-state index contributed by atoms with van der Waals surface area (Å²) in [6, 6.07) is 15.4. The molecular formula is C25H22ClN5O2. The van der Waals surface area contributed by atoms with Crippen LogP contribution in [0.15, 0.2) is 60.9 Å². The highest BCUT2D eigenvalue weighted by Gasteiger charge is 2.24. The standard InChI is InChI=1S/C25H22ClN5O2/c1-30(2)23(32)15-33-19-6-7-20-21(13-19)28-24(17-4-3-10-27-14-17)29-25(20)31-11-9-16-12-18(26)5-8-22(16)31/h3-8,10,12-14H,9,11,15H2,1-2H3. The van der Waals surface area contributed by atoms with Crippen LogP contribution in [-0.4, -0.2) is 53.0 Å². The topological polar surface area (TPSA) is 71.5 Å². The van der Waals surface area contributed by atoms with Crippen LogP contribution in [0.2, 0.25) is 5.02 Å². The summed E-state index contributed by atoms with van der Waals surface area (Å²) in [5.74, 6) is 1.86. The normalized spacial score (nSPS) is 12.6. The number of carbonyl (C=O) groups is 1. The molecule has 1 aliphatic rings. The molecule has 0 N–H and O–H groups in total. The van der Waals surface area contributed by atoms with Gasteiger partial charge in [0.1, 0.15) is 11.6 Å². The second-order valence-corrected chi connectivity index (χ2v) is 8.48. The Labute approximate surface area is 196 Å². The molecule has 0 bridgehead atoms. The predicted molar refractivity (Wildman–Crippen MR) is 129 cm³/mol. The van der Waals surface area contributed by atoms with Crippen molar-refractivity contribution in [2.45, 2.75) is 6.42 Å². The Morgan fingerprint density at radius 2 is 2.03 bits per heavy atom. The van der Waals surface area contributed by atoms with Gasteiger partial charge in [0, 0.05) is 60.8 Å². The number of rotatable bonds is 5. The van der Waals surface area contributed by atoms with Crippen LogP contribution in [0.3, 0.4) is 0 Å². The van der Waals surface area contributed by atoms with Crippen molar-refractivity contribution < 1.29 is 9.53 Å². The number of benzene rings is 2. The van der Waals surface area contributed by atoms with E-state index in [1.807, 2.05) is 48.5 Å². The predicted octanol–water partition coefficient (Wildman–Crippen LogP) is 4.51. The first-order valence-corrected chi connectivity index (χ1v) is 11.0. The second kappa shape index (κ2) is 8.67. The Morgan fingerprint density at radius 3 is 2.82 bits per heavy atom. The van der Waals surface area contributed by atoms with Crippen molar-refractivity contribution in [2.24, 2.45) is 0 Å². The molecule has 7 nitrogen and oxygen atoms in total. The van der Waals surface area contributed by atoms with Crippen molar-refractivity contribution in [2.75, 3.05) is 32.1 Å². The first-order chi connectivity index (χ1) is 16.0. The fraction of sp³-hybridized carbons (Fsp3) is 0.200. The number of nitrogens with zero attached hydrogens (tertiary/aromatic N) is 5. The Bertz CT molecular complexity index is 1340. The number of amides is 1. The summed E-state index contributed by atoms with van der Waals surface area (Å²) in [5.41, 5.74) is 3.84. The molecule has 4 aromatic rings. The first kappa shape index (κ1) is 21.2. The number of hydrogen-bond donors (Lipinski definition) is 0. The van der Waals surface area contributed by atoms with Crippen LogP contribution in [0.5, 0.6) is 5.75 Å². The Balaban J connectivity index is 1.61. The summed E-state index contributed by atoms with van der Waals surface area (Å²) in [6.07, 6.45) is 4.36. The van der Waals surface area contributed by atoms with Gasteiger partial charge in [0.05, 0.1) is 5.52 Å². The average Bonchev–Trinajstić information content (AvgIpc) is 3.24. The van der Waals surface area contributed by atoms with Crippen LogP contribution in [0.4, 0.5) is 11.5 Å². The van der Waals surface area contributed by atoms with Crippen molar-refractivity contribution in [1.29, 1.82) is 0 Å². The van der Waals surface area contributed by atoms with E-state index in [0.29, 0.717) is 11.6 Å². The molecular weight excluding hydrogens is 438 g/mol. The van der Waals surface area contributed by atoms with Gasteiger partial charge >= 0.3 is 0 Å². The van der Waals surface area contributed by atoms with E-state index in [2.05, 4.69) is 9.88 Å². The van der Waals surface area contributed by atoms with E-state index in [1.165, 1.54) is 10.5 Å². The van der Waals surface area contributed by atoms with Crippen molar-refractivity contribution in [3.05, 3.63) is 71.5 Å². The molecule has 0 fully saturated rings. The zero-order chi connectivity index (χ0) is 22.9. The maximum absolute atomic E-state index is 11.9. The smallest absolute Gasteiger partial charge is 0.259 e. The third-order valence-corrected chi connectivity index (χ3v) is 5.86. The summed E-state index contributed by atoms with van der Waals surface area (Å²) in [6.45, 7) is 0.760. The van der Waals surface area contributed by atoms with Gasteiger partial charge in [-0.05, 0) is 54.4 Å². The van der Waals surface area contributed by atoms with Crippen molar-refractivity contribution in [3.63, 3.8) is 0 Å². The maximum Gasteiger partial charge on any atom is 0.259 e. The minimum Gasteiger partial charge on any atom is -0.484 e. The SMILES string of the molecule is CN(C)C(=O)COc1ccc2c(N3CCc4cc(Cl)ccc43)nc(-c3cccnc3)nc2c1. The molecule has 2 aromatic carbocycles. The Hall–Kier alpha value is -3.71. The number of likely N-dealkylation sites (N-methyl/N-ethyl adjacent to an activating group) is 1. The lowest BCUT2D eigenvalue weighted by atomic mass is 10.1. The van der Waals surface area contributed by atoms with Crippen LogP contribution in [0.1, 0.15) is 5.56 Å². The number of anilines is 2. The van der Waals surface area contributed by atoms with Gasteiger partial charge in [-0.15, -0.1) is 0 Å². The largest absolute Gasteiger partial charge is 0.484 e. The number of carbonyl (C=O) groups excluding carboxylic acids is 1. The van der Waals surface area contributed by atoms with Crippen LogP contribution in [-0.2, 0) is 11.2 Å². The number of hydrogen-bond acceptors (Lipinski definition) is 6. The minimum absolute atomic E-state index is 0.0355. The molecule has 0 aliphatic carbocycles. The first-order valence-electron chi connectivity index (χ1n) is 10.6. The van der Waals surface area contributed by atoms with E-state index < -0.39 is 0 Å². The van der Waals surface area contributed by atoms with Crippen LogP contribution in [0.25, 0.3) is 22.3 Å². The molecule has 3 heterocycles. The van der Waals surface area contributed by atoms with Crippen LogP contribution in [0, 0.1) is 0 Å². The van der Waals surface area contributed by atoms with E-state index in [4.69, 9.17) is 26.3 Å². The second-order valence-electron chi connectivity index (χ2n) is 8.04. The highest BCUT2D eigenvalue weighted by Crippen LogP contribution is 2.39. The fourth-order valence-electron chi connectivity index (χ4n) is 3.88. The Morgan fingerprint density at radius 1 is 1.15 bits per heavy atom. The summed E-state index contributed by atoms with van der Waals surface area (Å²) in [5, 5.41) is 1.63. The van der Waals surface area contributed by atoms with Crippen LogP contribution < -0.4 is 9.64 Å². The molecule has 0 atom stereocenters. The zero-order valence-electron chi connectivity index (χ0n) is 18.3. The molecule has 8 heteroatoms. The van der Waals surface area contributed by atoms with E-state index in [0.717, 1.165) is 46.0 Å². The number of ether oxygens (including phenoxy) is 1. The van der Waals surface area contributed by atoms with Gasteiger partial charge in [0.2, 0.25) is 0 Å². The highest BCUT2D eigenvalue weighted by molar-refractivity contribution is 6.30. The number of pyridine rings is 1. The van der Waals surface area contributed by atoms with E-state index >= 15 is 0 Å². The van der Waals surface area contributed by atoms with Gasteiger partial charge in [-0.25, -0.2) is 9.97 Å². The lowest BCUT2D eigenvalue weighted by molar-refractivity contribution is -0.130. The minimum atomic E-state index is -0.109. The summed E-state index contributed by atoms with van der Waals surface area (Å²) in [7, 11) is 3.40. The molecule has 166 valence electrons. The number of aromatic nitrogens is 3. The lowest BCUT2D eigenvalue weighted by Gasteiger charge is -2.21. The Kier molecular flexibility index (Phi) is 5.56. The zero-order valence-corrected chi connectivity index (χ0v) is 19.1. The lowest BCUT2D eigenvalue weighted by Crippen LogP contribution is -2.27. The van der Waals surface area contributed by atoms with Crippen LogP contribution >= 0.6 is 11.6 Å². The summed E-state index contributed by atoms with van der Waals surface area (Å²) < 4.78 is 5.73. The maximum atomic E-state index is 11.9. The average molecular weight is 460 g/mol. The van der Waals surface area contributed by atoms with Gasteiger partial charge in [-0.1, -0.05) is 11.6 Å². The molecule has 0 saturated carbocycles. The van der Waals surface area contributed by atoms with Gasteiger partial charge in [-0.2, -0.15) is 0 Å². The molecule has 0 unspecified atom stereocenters. The monoisotopic (exact) mass is 459 g/mol. The molecule has 2 aromatic heterocycles. The van der Waals surface area contributed by atoms with Gasteiger partial charge in [0.15, 0.2) is 12.4 Å². The number of halogens is 1. The third kappa shape index (κ3) is 4.19. The van der Waals surface area contributed by atoms with E-state index in [-0.39, 0.29) is 12.5 Å². The van der Waals surface area contributed by atoms with Gasteiger partial charge < -0.3 is 14.5 Å².